The van der Waals surface area contributed by atoms with Crippen LogP contribution in [0.4, 0.5) is 11.4 Å². The second-order valence-electron chi connectivity index (χ2n) is 11.6. The average Bonchev–Trinajstić information content (AvgIpc) is 3.62. The molecule has 1 saturated heterocycles. The number of nitrogens with zero attached hydrogens (tertiary/aromatic N) is 4. The number of aromatic carboxylic acids is 1. The van der Waals surface area contributed by atoms with Crippen LogP contribution in [-0.4, -0.2) is 73.8 Å². The highest BCUT2D eigenvalue weighted by molar-refractivity contribution is 7.88. The number of anilines is 2. The van der Waals surface area contributed by atoms with Gasteiger partial charge in [0.1, 0.15) is 17.2 Å². The first-order valence-electron chi connectivity index (χ1n) is 15.1. The number of carboxylic acids is 1. The quantitative estimate of drug-likeness (QED) is 0.190. The summed E-state index contributed by atoms with van der Waals surface area (Å²) in [5, 5.41) is 9.65. The number of halogens is 1. The number of carbonyl (C=O) groups is 2. The highest BCUT2D eigenvalue weighted by atomic mass is 35.5. The van der Waals surface area contributed by atoms with Crippen LogP contribution in [-0.2, 0) is 28.5 Å². The van der Waals surface area contributed by atoms with E-state index in [1.807, 2.05) is 84.4 Å². The number of aryl methyl sites for hydroxylation is 1. The number of hydrogen-bond donors (Lipinski definition) is 1. The Morgan fingerprint density at radius 1 is 0.938 bits per heavy atom. The zero-order chi connectivity index (χ0) is 33.5. The topological polar surface area (TPSA) is 112 Å². The molecule has 0 unspecified atom stereocenters. The second kappa shape index (κ2) is 14.0. The van der Waals surface area contributed by atoms with Crippen LogP contribution >= 0.6 is 23.7 Å². The van der Waals surface area contributed by atoms with E-state index in [1.54, 1.807) is 18.0 Å². The predicted octanol–water partition coefficient (Wildman–Crippen LogP) is 6.34. The molecule has 1 aliphatic rings. The third kappa shape index (κ3) is 6.93. The van der Waals surface area contributed by atoms with Crippen LogP contribution in [0.25, 0.3) is 32.6 Å². The third-order valence-corrected chi connectivity index (χ3v) is 11.1. The van der Waals surface area contributed by atoms with Crippen LogP contribution in [0, 0.1) is 0 Å². The molecule has 3 heterocycles. The van der Waals surface area contributed by atoms with Crippen LogP contribution in [0.2, 0.25) is 0 Å². The van der Waals surface area contributed by atoms with Crippen molar-refractivity contribution >= 4 is 67.2 Å². The molecule has 5 aromatic rings. The maximum atomic E-state index is 12.1. The molecule has 6 rings (SSSR count). The van der Waals surface area contributed by atoms with E-state index in [-0.39, 0.29) is 24.9 Å². The second-order valence-corrected chi connectivity index (χ2v) is 14.7. The molecule has 0 radical (unpaired) electrons. The van der Waals surface area contributed by atoms with Gasteiger partial charge in [0.25, 0.3) is 0 Å². The zero-order valence-electron chi connectivity index (χ0n) is 27.0. The first-order chi connectivity index (χ1) is 22.4. The van der Waals surface area contributed by atoms with Crippen LogP contribution in [0.15, 0.2) is 78.9 Å². The highest BCUT2D eigenvalue weighted by Crippen LogP contribution is 2.44. The molecule has 2 aromatic heterocycles. The fourth-order valence-corrected chi connectivity index (χ4v) is 7.96. The molecule has 0 aliphatic carbocycles. The van der Waals surface area contributed by atoms with Crippen molar-refractivity contribution < 1.29 is 27.9 Å². The van der Waals surface area contributed by atoms with Crippen LogP contribution in [0.5, 0.6) is 5.75 Å². The Morgan fingerprint density at radius 3 is 2.21 bits per heavy atom. The lowest BCUT2D eigenvalue weighted by atomic mass is 10.0. The molecule has 0 atom stereocenters. The molecule has 0 spiro atoms. The molecule has 1 fully saturated rings. The Kier molecular flexibility index (Phi) is 10.2. The van der Waals surface area contributed by atoms with Gasteiger partial charge in [-0.15, -0.1) is 23.7 Å². The minimum absolute atomic E-state index is 0. The first kappa shape index (κ1) is 35.0. The van der Waals surface area contributed by atoms with E-state index < -0.39 is 16.0 Å². The zero-order valence-corrected chi connectivity index (χ0v) is 29.5. The van der Waals surface area contributed by atoms with Crippen molar-refractivity contribution in [3.8, 4) is 28.1 Å². The summed E-state index contributed by atoms with van der Waals surface area (Å²) in [7, 11) is 0.424. The van der Waals surface area contributed by atoms with Gasteiger partial charge in [-0.25, -0.2) is 13.2 Å². The third-order valence-electron chi connectivity index (χ3n) is 8.64. The molecule has 10 nitrogen and oxygen atoms in total. The van der Waals surface area contributed by atoms with Crippen molar-refractivity contribution in [2.75, 3.05) is 49.3 Å². The summed E-state index contributed by atoms with van der Waals surface area (Å²) < 4.78 is 34.9. The van der Waals surface area contributed by atoms with Crippen molar-refractivity contribution in [1.29, 1.82) is 0 Å². The van der Waals surface area contributed by atoms with E-state index in [0.717, 1.165) is 49.5 Å². The van der Waals surface area contributed by atoms with E-state index in [0.29, 0.717) is 36.8 Å². The Hall–Kier alpha value is -4.36. The van der Waals surface area contributed by atoms with Gasteiger partial charge in [0.2, 0.25) is 15.9 Å². The fourth-order valence-electron chi connectivity index (χ4n) is 6.04. The minimum atomic E-state index is -3.26. The Bertz CT molecular complexity index is 2070. The molecule has 1 aliphatic heterocycles. The fraction of sp³-hybridized carbons (Fsp3) is 0.257. The van der Waals surface area contributed by atoms with E-state index in [1.165, 1.54) is 28.8 Å². The summed E-state index contributed by atoms with van der Waals surface area (Å²) in [5.41, 5.74) is 7.37. The number of rotatable bonds is 9. The lowest BCUT2D eigenvalue weighted by Gasteiger charge is -2.36. The van der Waals surface area contributed by atoms with Gasteiger partial charge in [-0.05, 0) is 59.7 Å². The van der Waals surface area contributed by atoms with Crippen molar-refractivity contribution in [1.82, 2.24) is 8.87 Å². The summed E-state index contributed by atoms with van der Waals surface area (Å²) in [6, 6.07) is 25.4. The maximum Gasteiger partial charge on any atom is 0.345 e. The summed E-state index contributed by atoms with van der Waals surface area (Å²) in [4.78, 5) is 27.9. The standard InChI is InChI=1S/C35H36N4O6S2.ClH/c1-23(40)36(2)27-12-15-29(38-16-18-39(19-17-38)47(4,43)44)26(20-27)22-45-28-13-10-25(11-14-28)33-32(24-8-6-5-7-9-24)34-30(37(33)3)21-31(46-34)35(41)42;/h5-15,20-21H,16-19,22H2,1-4H3,(H,41,42);1H. The van der Waals surface area contributed by atoms with Gasteiger partial charge in [-0.1, -0.05) is 30.3 Å². The number of thiophene rings is 1. The highest BCUT2D eigenvalue weighted by Gasteiger charge is 2.26. The van der Waals surface area contributed by atoms with Crippen LogP contribution in [0.1, 0.15) is 22.2 Å². The molecule has 48 heavy (non-hydrogen) atoms. The van der Waals surface area contributed by atoms with Gasteiger partial charge < -0.3 is 24.2 Å². The maximum absolute atomic E-state index is 12.1. The number of carbonyl (C=O) groups excluding carboxylic acids is 1. The van der Waals surface area contributed by atoms with Crippen molar-refractivity contribution in [2.24, 2.45) is 7.05 Å². The minimum Gasteiger partial charge on any atom is -0.489 e. The Balaban J connectivity index is 0.00000451. The summed E-state index contributed by atoms with van der Waals surface area (Å²) in [5.74, 6) is -0.361. The molecule has 13 heteroatoms. The number of sulfonamides is 1. The van der Waals surface area contributed by atoms with Crippen LogP contribution < -0.4 is 14.5 Å². The number of ether oxygens (including phenoxy) is 1. The van der Waals surface area contributed by atoms with Gasteiger partial charge in [-0.2, -0.15) is 4.31 Å². The number of benzene rings is 3. The number of carboxylic acid groups (broad SMARTS) is 1. The van der Waals surface area contributed by atoms with Crippen molar-refractivity contribution in [2.45, 2.75) is 13.5 Å². The van der Waals surface area contributed by atoms with E-state index in [2.05, 4.69) is 4.90 Å². The van der Waals surface area contributed by atoms with E-state index >= 15 is 0 Å². The van der Waals surface area contributed by atoms with Gasteiger partial charge in [-0.3, -0.25) is 4.79 Å². The molecular weight excluding hydrogens is 672 g/mol. The van der Waals surface area contributed by atoms with Crippen molar-refractivity contribution in [3.05, 3.63) is 89.3 Å². The normalized spacial score (nSPS) is 13.7. The summed E-state index contributed by atoms with van der Waals surface area (Å²) >= 11 is 1.28. The lowest BCUT2D eigenvalue weighted by Crippen LogP contribution is -2.48. The molecule has 1 amide bonds. The molecule has 252 valence electrons. The molecule has 1 N–H and O–H groups in total. The lowest BCUT2D eigenvalue weighted by molar-refractivity contribution is -0.116. The largest absolute Gasteiger partial charge is 0.489 e. The van der Waals surface area contributed by atoms with Crippen LogP contribution in [0.3, 0.4) is 0 Å². The predicted molar refractivity (Wildman–Crippen MR) is 194 cm³/mol. The van der Waals surface area contributed by atoms with Crippen molar-refractivity contribution in [3.63, 3.8) is 0 Å². The average molecular weight is 709 g/mol. The summed E-state index contributed by atoms with van der Waals surface area (Å²) in [6.07, 6.45) is 1.23. The van der Waals surface area contributed by atoms with Gasteiger partial charge in [0.15, 0.2) is 0 Å². The van der Waals surface area contributed by atoms with E-state index in [9.17, 15) is 23.1 Å². The van der Waals surface area contributed by atoms with Gasteiger partial charge >= 0.3 is 5.97 Å². The monoisotopic (exact) mass is 708 g/mol. The number of piperazine rings is 1. The van der Waals surface area contributed by atoms with E-state index in [4.69, 9.17) is 4.74 Å². The molecular formula is C35H37ClN4O6S2. The first-order valence-corrected chi connectivity index (χ1v) is 17.8. The number of hydrogen-bond acceptors (Lipinski definition) is 7. The van der Waals surface area contributed by atoms with Gasteiger partial charge in [0, 0.05) is 69.7 Å². The Morgan fingerprint density at radius 2 is 1.60 bits per heavy atom. The summed E-state index contributed by atoms with van der Waals surface area (Å²) in [6.45, 7) is 3.64. The number of fused-ring (bicyclic) bond motifs is 1. The Labute approximate surface area is 290 Å². The number of amides is 1. The van der Waals surface area contributed by atoms with Gasteiger partial charge in [0.05, 0.1) is 22.2 Å². The molecule has 0 saturated carbocycles. The molecule has 0 bridgehead atoms. The SMILES string of the molecule is CC(=O)N(C)c1ccc(N2CCN(S(C)(=O)=O)CC2)c(COc2ccc(-c3c(-c4ccccc4)c4sc(C(=O)O)cc4n3C)cc2)c1.Cl. The smallest absolute Gasteiger partial charge is 0.345 e. The number of aromatic nitrogens is 1. The molecule has 3 aromatic carbocycles.